The van der Waals surface area contributed by atoms with Crippen molar-refractivity contribution in [3.05, 3.63) is 0 Å². The van der Waals surface area contributed by atoms with Gasteiger partial charge >= 0.3 is 6.18 Å². The number of alkyl halides is 3. The minimum atomic E-state index is -4.48. The zero-order valence-corrected chi connectivity index (χ0v) is 7.31. The van der Waals surface area contributed by atoms with Crippen molar-refractivity contribution in [1.82, 2.24) is 0 Å². The fourth-order valence-corrected chi connectivity index (χ4v) is 1.89. The first-order valence-corrected chi connectivity index (χ1v) is 4.95. The van der Waals surface area contributed by atoms with Gasteiger partial charge in [-0.25, -0.2) is 0 Å². The number of phosphoric ester groups is 1. The first-order chi connectivity index (χ1) is 5.79. The Bertz CT molecular complexity index is 228. The fourth-order valence-electron chi connectivity index (χ4n) is 0.959. The van der Waals surface area contributed by atoms with E-state index < -0.39 is 26.5 Å². The van der Waals surface area contributed by atoms with Crippen LogP contribution in [0.15, 0.2) is 0 Å². The summed E-state index contributed by atoms with van der Waals surface area (Å²) in [4.78, 5) is 10.6. The van der Waals surface area contributed by atoms with Crippen LogP contribution in [0.1, 0.15) is 12.8 Å². The second kappa shape index (κ2) is 3.57. The summed E-state index contributed by atoms with van der Waals surface area (Å²) >= 11 is 0. The van der Waals surface area contributed by atoms with Crippen LogP contribution in [0.3, 0.4) is 0 Å². The number of rotatable bonds is 1. The lowest BCUT2D eigenvalue weighted by molar-refractivity contribution is -0.243. The molecular formula is C5H7F3O4P-. The second-order valence-corrected chi connectivity index (χ2v) is 3.98. The van der Waals surface area contributed by atoms with Gasteiger partial charge in [0.25, 0.3) is 7.82 Å². The van der Waals surface area contributed by atoms with Gasteiger partial charge in [0.2, 0.25) is 0 Å². The van der Waals surface area contributed by atoms with E-state index >= 15 is 0 Å². The van der Waals surface area contributed by atoms with Crippen LogP contribution in [0.2, 0.25) is 0 Å². The molecule has 2 atom stereocenters. The van der Waals surface area contributed by atoms with E-state index in [1.54, 1.807) is 0 Å². The summed E-state index contributed by atoms with van der Waals surface area (Å²) in [5, 5.41) is 0. The minimum absolute atomic E-state index is 0.0638. The summed E-state index contributed by atoms with van der Waals surface area (Å²) in [6.07, 6.45) is -7.08. The average molecular weight is 219 g/mol. The van der Waals surface area contributed by atoms with Crippen LogP contribution in [0.4, 0.5) is 13.2 Å². The summed E-state index contributed by atoms with van der Waals surface area (Å²) in [5.74, 6) is 0. The minimum Gasteiger partial charge on any atom is -0.756 e. The number of halogens is 3. The highest BCUT2D eigenvalue weighted by atomic mass is 31.2. The van der Waals surface area contributed by atoms with Crippen molar-refractivity contribution < 1.29 is 31.7 Å². The maximum Gasteiger partial charge on any atom is 0.391 e. The molecule has 0 aliphatic carbocycles. The van der Waals surface area contributed by atoms with E-state index in [9.17, 15) is 22.6 Å². The zero-order chi connectivity index (χ0) is 10.1. The van der Waals surface area contributed by atoms with Gasteiger partial charge in [-0.15, -0.1) is 0 Å². The first kappa shape index (κ1) is 11.0. The van der Waals surface area contributed by atoms with Crippen LogP contribution >= 0.6 is 7.82 Å². The van der Waals surface area contributed by atoms with E-state index in [4.69, 9.17) is 0 Å². The molecule has 13 heavy (non-hydrogen) atoms. The smallest absolute Gasteiger partial charge is 0.391 e. The molecule has 0 aromatic rings. The van der Waals surface area contributed by atoms with Gasteiger partial charge in [0.1, 0.15) is 0 Å². The van der Waals surface area contributed by atoms with Crippen LogP contribution in [-0.4, -0.2) is 18.9 Å². The van der Waals surface area contributed by atoms with E-state index in [1.807, 2.05) is 0 Å². The van der Waals surface area contributed by atoms with Crippen LogP contribution < -0.4 is 4.89 Å². The van der Waals surface area contributed by atoms with E-state index in [2.05, 4.69) is 9.05 Å². The van der Waals surface area contributed by atoms with E-state index in [1.165, 1.54) is 0 Å². The standard InChI is InChI=1S/C5H8F3O4P/c6-5(7,8)3-4-1-2-11-13(9,10)12-4/h4H,1-3H2,(H,9,10)/p-1. The van der Waals surface area contributed by atoms with E-state index in [-0.39, 0.29) is 13.0 Å². The molecule has 0 bridgehead atoms. The van der Waals surface area contributed by atoms with Crippen molar-refractivity contribution in [2.45, 2.75) is 25.1 Å². The molecule has 0 radical (unpaired) electrons. The third kappa shape index (κ3) is 4.08. The lowest BCUT2D eigenvalue weighted by atomic mass is 10.2. The highest BCUT2D eigenvalue weighted by Gasteiger charge is 2.36. The van der Waals surface area contributed by atoms with E-state index in [0.717, 1.165) is 0 Å². The van der Waals surface area contributed by atoms with Crippen molar-refractivity contribution in [1.29, 1.82) is 0 Å². The Hall–Kier alpha value is -0.100. The molecule has 78 valence electrons. The molecule has 1 rings (SSSR count). The van der Waals surface area contributed by atoms with Gasteiger partial charge in [-0.2, -0.15) is 13.2 Å². The zero-order valence-electron chi connectivity index (χ0n) is 6.41. The average Bonchev–Trinajstić information content (AvgIpc) is 1.79. The molecule has 1 aliphatic heterocycles. The SMILES string of the molecule is O=P1([O-])OCCC(CC(F)(F)F)O1. The van der Waals surface area contributed by atoms with Crippen LogP contribution in [-0.2, 0) is 13.6 Å². The lowest BCUT2D eigenvalue weighted by Gasteiger charge is -2.33. The molecule has 0 spiro atoms. The van der Waals surface area contributed by atoms with Crippen molar-refractivity contribution in [2.75, 3.05) is 6.61 Å². The van der Waals surface area contributed by atoms with Gasteiger partial charge in [-0.3, -0.25) is 4.57 Å². The third-order valence-electron chi connectivity index (χ3n) is 1.43. The van der Waals surface area contributed by atoms with Gasteiger partial charge in [-0.05, 0) is 6.42 Å². The first-order valence-electron chi connectivity index (χ1n) is 3.49. The summed E-state index contributed by atoms with van der Waals surface area (Å²) in [7, 11) is -4.48. The van der Waals surface area contributed by atoms with Crippen molar-refractivity contribution in [3.63, 3.8) is 0 Å². The van der Waals surface area contributed by atoms with Crippen molar-refractivity contribution in [3.8, 4) is 0 Å². The molecule has 1 aliphatic rings. The van der Waals surface area contributed by atoms with E-state index in [0.29, 0.717) is 0 Å². The number of phosphoric acid groups is 1. The molecule has 2 unspecified atom stereocenters. The Labute approximate surface area is 72.3 Å². The quantitative estimate of drug-likeness (QED) is 0.622. The summed E-state index contributed by atoms with van der Waals surface area (Å²) in [5.41, 5.74) is 0. The molecule has 0 saturated carbocycles. The molecular weight excluding hydrogens is 212 g/mol. The predicted octanol–water partition coefficient (Wildman–Crippen LogP) is 1.21. The van der Waals surface area contributed by atoms with Gasteiger partial charge in [0.05, 0.1) is 19.1 Å². The molecule has 1 fully saturated rings. The Morgan fingerprint density at radius 3 is 2.62 bits per heavy atom. The largest absolute Gasteiger partial charge is 0.756 e. The normalized spacial score (nSPS) is 36.2. The highest BCUT2D eigenvalue weighted by molar-refractivity contribution is 7.45. The molecule has 4 nitrogen and oxygen atoms in total. The summed E-state index contributed by atoms with van der Waals surface area (Å²) < 4.78 is 54.1. The second-order valence-electron chi connectivity index (χ2n) is 2.62. The molecule has 0 aromatic heterocycles. The monoisotopic (exact) mass is 219 g/mol. The van der Waals surface area contributed by atoms with Crippen LogP contribution in [0, 0.1) is 0 Å². The molecule has 0 aromatic carbocycles. The van der Waals surface area contributed by atoms with Gasteiger partial charge < -0.3 is 13.9 Å². The Balaban J connectivity index is 2.49. The topological polar surface area (TPSA) is 58.6 Å². The van der Waals surface area contributed by atoms with Crippen molar-refractivity contribution in [2.24, 2.45) is 0 Å². The fraction of sp³-hybridized carbons (Fsp3) is 1.00. The Kier molecular flexibility index (Phi) is 3.01. The number of hydrogen-bond donors (Lipinski definition) is 0. The third-order valence-corrected chi connectivity index (χ3v) is 2.48. The summed E-state index contributed by atoms with van der Waals surface area (Å²) in [6.45, 7) is -0.248. The van der Waals surface area contributed by atoms with Crippen LogP contribution in [0.5, 0.6) is 0 Å². The molecule has 1 saturated heterocycles. The maximum atomic E-state index is 11.8. The molecule has 8 heteroatoms. The summed E-state index contributed by atoms with van der Waals surface area (Å²) in [6, 6.07) is 0. The maximum absolute atomic E-state index is 11.8. The highest BCUT2D eigenvalue weighted by Crippen LogP contribution is 2.45. The molecule has 1 heterocycles. The lowest BCUT2D eigenvalue weighted by Crippen LogP contribution is -2.29. The van der Waals surface area contributed by atoms with Gasteiger partial charge in [0.15, 0.2) is 0 Å². The molecule has 0 amide bonds. The Morgan fingerprint density at radius 1 is 1.54 bits per heavy atom. The van der Waals surface area contributed by atoms with Gasteiger partial charge in [-0.1, -0.05) is 0 Å². The molecule has 0 N–H and O–H groups in total. The number of hydrogen-bond acceptors (Lipinski definition) is 4. The van der Waals surface area contributed by atoms with Gasteiger partial charge in [0, 0.05) is 0 Å². The van der Waals surface area contributed by atoms with Crippen LogP contribution in [0.25, 0.3) is 0 Å². The predicted molar refractivity (Wildman–Crippen MR) is 33.7 cm³/mol. The Morgan fingerprint density at radius 2 is 2.15 bits per heavy atom. The van der Waals surface area contributed by atoms with Crippen molar-refractivity contribution >= 4 is 7.82 Å².